The number of amides is 2. The molecule has 2 aromatic rings. The molecule has 0 saturated carbocycles. The van der Waals surface area contributed by atoms with Crippen molar-refractivity contribution in [3.8, 4) is 5.75 Å². The van der Waals surface area contributed by atoms with Gasteiger partial charge in [-0.25, -0.2) is 0 Å². The zero-order valence-corrected chi connectivity index (χ0v) is 20.1. The van der Waals surface area contributed by atoms with Crippen LogP contribution in [-0.4, -0.2) is 73.0 Å². The topological polar surface area (TPSA) is 77.7 Å². The molecular formula is C26H38N4O3. The molecule has 0 radical (unpaired) electrons. The Morgan fingerprint density at radius 2 is 1.88 bits per heavy atom. The summed E-state index contributed by atoms with van der Waals surface area (Å²) in [6.45, 7) is 7.65. The first kappa shape index (κ1) is 23.6. The minimum Gasteiger partial charge on any atom is -0.497 e. The maximum atomic E-state index is 13.0. The summed E-state index contributed by atoms with van der Waals surface area (Å²) >= 11 is 0. The van der Waals surface area contributed by atoms with Crippen LogP contribution in [0.5, 0.6) is 5.75 Å². The highest BCUT2D eigenvalue weighted by Crippen LogP contribution is 2.27. The highest BCUT2D eigenvalue weighted by Gasteiger charge is 2.30. The van der Waals surface area contributed by atoms with Crippen molar-refractivity contribution in [1.29, 1.82) is 0 Å². The maximum absolute atomic E-state index is 13.0. The predicted octanol–water partition coefficient (Wildman–Crippen LogP) is 3.66. The van der Waals surface area contributed by atoms with Crippen LogP contribution in [0.1, 0.15) is 55.9 Å². The minimum atomic E-state index is -0.0159. The first-order valence-corrected chi connectivity index (χ1v) is 12.5. The molecule has 2 aliphatic rings. The Hall–Kier alpha value is -2.54. The number of methoxy groups -OCH3 is 1. The normalized spacial score (nSPS) is 18.9. The van der Waals surface area contributed by atoms with Crippen LogP contribution in [-0.2, 0) is 4.79 Å². The Morgan fingerprint density at radius 3 is 2.61 bits per heavy atom. The lowest BCUT2D eigenvalue weighted by molar-refractivity contribution is -0.126. The van der Waals surface area contributed by atoms with Crippen molar-refractivity contribution in [2.45, 2.75) is 45.4 Å². The number of piperidine rings is 2. The number of aromatic nitrogens is 1. The SMILES string of the molecule is COc1ccc2cc(C(=O)N3CCC([C@@H](C)C(=O)NCCCN4CCCCC4)CC3)[nH]c2c1. The molecular weight excluding hydrogens is 416 g/mol. The Balaban J connectivity index is 1.21. The van der Waals surface area contributed by atoms with E-state index < -0.39 is 0 Å². The van der Waals surface area contributed by atoms with Crippen molar-refractivity contribution in [2.24, 2.45) is 11.8 Å². The molecule has 2 saturated heterocycles. The third-order valence-electron chi connectivity index (χ3n) is 7.41. The number of nitrogens with one attached hydrogen (secondary N) is 2. The van der Waals surface area contributed by atoms with E-state index in [1.165, 1.54) is 32.4 Å². The van der Waals surface area contributed by atoms with Crippen LogP contribution in [0.3, 0.4) is 0 Å². The number of carbonyl (C=O) groups excluding carboxylic acids is 2. The number of likely N-dealkylation sites (tertiary alicyclic amines) is 2. The van der Waals surface area contributed by atoms with Crippen LogP contribution < -0.4 is 10.1 Å². The molecule has 2 fully saturated rings. The van der Waals surface area contributed by atoms with Gasteiger partial charge in [0.25, 0.3) is 5.91 Å². The number of H-pyrrole nitrogens is 1. The second kappa shape index (κ2) is 11.1. The molecule has 0 spiro atoms. The molecule has 7 heteroatoms. The molecule has 1 aromatic carbocycles. The van der Waals surface area contributed by atoms with Crippen LogP contribution in [0.2, 0.25) is 0 Å². The molecule has 3 heterocycles. The lowest BCUT2D eigenvalue weighted by Crippen LogP contribution is -2.43. The number of fused-ring (bicyclic) bond motifs is 1. The summed E-state index contributed by atoms with van der Waals surface area (Å²) in [4.78, 5) is 33.3. The maximum Gasteiger partial charge on any atom is 0.270 e. The Morgan fingerprint density at radius 1 is 1.12 bits per heavy atom. The molecule has 33 heavy (non-hydrogen) atoms. The minimum absolute atomic E-state index is 0.0159. The third-order valence-corrected chi connectivity index (χ3v) is 7.41. The Labute approximate surface area is 196 Å². The van der Waals surface area contributed by atoms with Crippen molar-refractivity contribution in [2.75, 3.05) is 46.4 Å². The van der Waals surface area contributed by atoms with Crippen molar-refractivity contribution in [3.63, 3.8) is 0 Å². The number of carbonyl (C=O) groups is 2. The largest absolute Gasteiger partial charge is 0.497 e. The standard InChI is InChI=1S/C26H38N4O3/c1-19(25(31)27-11-6-14-29-12-4-3-5-13-29)20-9-15-30(16-10-20)26(32)24-17-21-7-8-22(33-2)18-23(21)28-24/h7-8,17-20,28H,3-6,9-16H2,1-2H3,(H,27,31)/t19-/m1/s1. The van der Waals surface area contributed by atoms with E-state index in [2.05, 4.69) is 15.2 Å². The molecule has 4 rings (SSSR count). The van der Waals surface area contributed by atoms with Gasteiger partial charge in [-0.15, -0.1) is 0 Å². The summed E-state index contributed by atoms with van der Waals surface area (Å²) in [5.74, 6) is 1.25. The van der Waals surface area contributed by atoms with Gasteiger partial charge in [0.2, 0.25) is 5.91 Å². The van der Waals surface area contributed by atoms with Gasteiger partial charge in [-0.05, 0) is 75.9 Å². The van der Waals surface area contributed by atoms with E-state index in [0.29, 0.717) is 24.7 Å². The predicted molar refractivity (Wildman–Crippen MR) is 131 cm³/mol. The average molecular weight is 455 g/mol. The number of aromatic amines is 1. The Kier molecular flexibility index (Phi) is 7.91. The van der Waals surface area contributed by atoms with Crippen LogP contribution in [0.15, 0.2) is 24.3 Å². The van der Waals surface area contributed by atoms with Gasteiger partial charge in [-0.2, -0.15) is 0 Å². The molecule has 1 aromatic heterocycles. The zero-order valence-electron chi connectivity index (χ0n) is 20.1. The number of benzene rings is 1. The number of ether oxygens (including phenoxy) is 1. The molecule has 2 N–H and O–H groups in total. The van der Waals surface area contributed by atoms with Crippen molar-refractivity contribution >= 4 is 22.7 Å². The van der Waals surface area contributed by atoms with Crippen molar-refractivity contribution in [1.82, 2.24) is 20.1 Å². The Bertz CT molecular complexity index is 942. The summed E-state index contributed by atoms with van der Waals surface area (Å²) in [7, 11) is 1.64. The highest BCUT2D eigenvalue weighted by atomic mass is 16.5. The van der Waals surface area contributed by atoms with Crippen LogP contribution in [0, 0.1) is 11.8 Å². The lowest BCUT2D eigenvalue weighted by atomic mass is 9.84. The van der Waals surface area contributed by atoms with Gasteiger partial charge in [0, 0.05) is 42.5 Å². The molecule has 180 valence electrons. The zero-order chi connectivity index (χ0) is 23.2. The van der Waals surface area contributed by atoms with Gasteiger partial charge in [0.05, 0.1) is 7.11 Å². The van der Waals surface area contributed by atoms with Crippen LogP contribution >= 0.6 is 0 Å². The molecule has 2 amide bonds. The molecule has 0 unspecified atom stereocenters. The van der Waals surface area contributed by atoms with E-state index in [0.717, 1.165) is 49.0 Å². The fourth-order valence-corrected chi connectivity index (χ4v) is 5.19. The van der Waals surface area contributed by atoms with E-state index in [4.69, 9.17) is 4.74 Å². The van der Waals surface area contributed by atoms with Crippen LogP contribution in [0.4, 0.5) is 0 Å². The molecule has 2 aliphatic heterocycles. The smallest absolute Gasteiger partial charge is 0.270 e. The average Bonchev–Trinajstić information content (AvgIpc) is 3.29. The van der Waals surface area contributed by atoms with Gasteiger partial charge in [-0.3, -0.25) is 9.59 Å². The highest BCUT2D eigenvalue weighted by molar-refractivity contribution is 5.98. The third kappa shape index (κ3) is 5.88. The van der Waals surface area contributed by atoms with E-state index in [1.54, 1.807) is 7.11 Å². The second-order valence-corrected chi connectivity index (χ2v) is 9.60. The van der Waals surface area contributed by atoms with Gasteiger partial charge >= 0.3 is 0 Å². The first-order valence-electron chi connectivity index (χ1n) is 12.5. The van der Waals surface area contributed by atoms with E-state index >= 15 is 0 Å². The number of nitrogens with zero attached hydrogens (tertiary/aromatic N) is 2. The van der Waals surface area contributed by atoms with E-state index in [9.17, 15) is 9.59 Å². The first-order chi connectivity index (χ1) is 16.0. The molecule has 7 nitrogen and oxygen atoms in total. The molecule has 0 bridgehead atoms. The van der Waals surface area contributed by atoms with Crippen molar-refractivity contribution < 1.29 is 14.3 Å². The summed E-state index contributed by atoms with van der Waals surface area (Å²) in [6.07, 6.45) is 6.71. The molecule has 1 atom stereocenters. The fourth-order valence-electron chi connectivity index (χ4n) is 5.19. The summed E-state index contributed by atoms with van der Waals surface area (Å²) in [5, 5.41) is 4.14. The van der Waals surface area contributed by atoms with E-state index in [1.807, 2.05) is 36.1 Å². The van der Waals surface area contributed by atoms with Gasteiger partial charge < -0.3 is 24.8 Å². The van der Waals surface area contributed by atoms with Gasteiger partial charge in [-0.1, -0.05) is 13.3 Å². The monoisotopic (exact) mass is 454 g/mol. The van der Waals surface area contributed by atoms with Crippen molar-refractivity contribution in [3.05, 3.63) is 30.0 Å². The lowest BCUT2D eigenvalue weighted by Gasteiger charge is -2.34. The van der Waals surface area contributed by atoms with Gasteiger partial charge in [0.15, 0.2) is 0 Å². The molecule has 0 aliphatic carbocycles. The summed E-state index contributed by atoms with van der Waals surface area (Å²) < 4.78 is 5.27. The quantitative estimate of drug-likeness (QED) is 0.597. The number of hydrogen-bond donors (Lipinski definition) is 2. The van der Waals surface area contributed by atoms with Gasteiger partial charge in [0.1, 0.15) is 11.4 Å². The fraction of sp³-hybridized carbons (Fsp3) is 0.615. The van der Waals surface area contributed by atoms with E-state index in [-0.39, 0.29) is 17.7 Å². The summed E-state index contributed by atoms with van der Waals surface area (Å²) in [6, 6.07) is 7.67. The number of rotatable bonds is 8. The second-order valence-electron chi connectivity index (χ2n) is 9.60. The number of hydrogen-bond acceptors (Lipinski definition) is 4. The summed E-state index contributed by atoms with van der Waals surface area (Å²) in [5.41, 5.74) is 1.51. The van der Waals surface area contributed by atoms with Crippen LogP contribution in [0.25, 0.3) is 10.9 Å².